The molecule has 2 aliphatic rings. The average Bonchev–Trinajstić information content (AvgIpc) is 2.83. The number of β-amino-alcohol motifs (C(OH)–C–C–N with tert-alkyl or cyclic N) is 1. The molecule has 2 fully saturated rings. The Morgan fingerprint density at radius 2 is 2.00 bits per heavy atom. The maximum Gasteiger partial charge on any atom is 0.326 e. The summed E-state index contributed by atoms with van der Waals surface area (Å²) < 4.78 is 0. The second-order valence-electron chi connectivity index (χ2n) is 4.98. The number of aliphatic carboxylic acids is 1. The number of rotatable bonds is 2. The van der Waals surface area contributed by atoms with E-state index in [4.69, 9.17) is 5.11 Å². The normalized spacial score (nSPS) is 34.2. The minimum Gasteiger partial charge on any atom is -0.480 e. The lowest BCUT2D eigenvalue weighted by molar-refractivity contribution is -0.149. The number of carboxylic acids is 1. The minimum atomic E-state index is -1.03. The Balaban J connectivity index is 2.05. The molecule has 2 N–H and O–H groups in total. The van der Waals surface area contributed by atoms with Gasteiger partial charge in [0.1, 0.15) is 6.04 Å². The number of carboxylic acid groups (broad SMARTS) is 1. The molecule has 1 amide bonds. The summed E-state index contributed by atoms with van der Waals surface area (Å²) in [5, 5.41) is 18.5. The summed E-state index contributed by atoms with van der Waals surface area (Å²) >= 11 is 0. The number of carbonyl (C=O) groups excluding carboxylic acids is 1. The molecule has 2 heterocycles. The zero-order valence-electron chi connectivity index (χ0n) is 9.87. The third kappa shape index (κ3) is 2.42. The second kappa shape index (κ2) is 4.62. The van der Waals surface area contributed by atoms with Crippen LogP contribution in [0, 0.1) is 5.92 Å². The number of carbonyl (C=O) groups is 2. The van der Waals surface area contributed by atoms with Crippen LogP contribution in [0.5, 0.6) is 0 Å². The zero-order valence-corrected chi connectivity index (χ0v) is 9.87. The third-order valence-corrected chi connectivity index (χ3v) is 3.59. The zero-order chi connectivity index (χ0) is 12.6. The predicted octanol–water partition coefficient (Wildman–Crippen LogP) is -1.02. The van der Waals surface area contributed by atoms with Crippen molar-refractivity contribution < 1.29 is 19.8 Å². The van der Waals surface area contributed by atoms with E-state index in [1.54, 1.807) is 0 Å². The SMILES string of the molecule is CN1CCC(C(=O)N2CC(O)CC2C(=O)O)C1. The van der Waals surface area contributed by atoms with Crippen molar-refractivity contribution in [3.63, 3.8) is 0 Å². The van der Waals surface area contributed by atoms with Crippen molar-refractivity contribution in [1.29, 1.82) is 0 Å². The largest absolute Gasteiger partial charge is 0.480 e. The Hall–Kier alpha value is -1.14. The second-order valence-corrected chi connectivity index (χ2v) is 4.98. The Labute approximate surface area is 99.8 Å². The molecule has 0 aromatic carbocycles. The van der Waals surface area contributed by atoms with Gasteiger partial charge in [0.2, 0.25) is 5.91 Å². The highest BCUT2D eigenvalue weighted by molar-refractivity contribution is 5.86. The highest BCUT2D eigenvalue weighted by Gasteiger charge is 2.42. The predicted molar refractivity (Wildman–Crippen MR) is 59.4 cm³/mol. The van der Waals surface area contributed by atoms with Gasteiger partial charge in [-0.3, -0.25) is 4.79 Å². The molecule has 0 radical (unpaired) electrons. The molecule has 6 heteroatoms. The first-order valence-electron chi connectivity index (χ1n) is 5.89. The Bertz CT molecular complexity index is 333. The van der Waals surface area contributed by atoms with E-state index in [0.29, 0.717) is 6.54 Å². The first-order valence-corrected chi connectivity index (χ1v) is 5.89. The molecule has 96 valence electrons. The number of hydrogen-bond acceptors (Lipinski definition) is 4. The van der Waals surface area contributed by atoms with Gasteiger partial charge in [-0.1, -0.05) is 0 Å². The quantitative estimate of drug-likeness (QED) is 0.648. The molecule has 6 nitrogen and oxygen atoms in total. The molecule has 3 unspecified atom stereocenters. The average molecular weight is 242 g/mol. The van der Waals surface area contributed by atoms with Crippen LogP contribution in [0.2, 0.25) is 0 Å². The molecule has 0 aliphatic carbocycles. The van der Waals surface area contributed by atoms with Gasteiger partial charge < -0.3 is 20.0 Å². The molecule has 0 aromatic heterocycles. The Morgan fingerprint density at radius 3 is 2.53 bits per heavy atom. The summed E-state index contributed by atoms with van der Waals surface area (Å²) in [6.07, 6.45) is 0.205. The summed E-state index contributed by atoms with van der Waals surface area (Å²) in [6.45, 7) is 1.69. The number of likely N-dealkylation sites (tertiary alicyclic amines) is 2. The molecule has 0 aromatic rings. The highest BCUT2D eigenvalue weighted by Crippen LogP contribution is 2.24. The molecule has 2 rings (SSSR count). The van der Waals surface area contributed by atoms with Crippen molar-refractivity contribution in [2.24, 2.45) is 5.92 Å². The molecular formula is C11H18N2O4. The standard InChI is InChI=1S/C11H18N2O4/c1-12-3-2-7(5-12)10(15)13-6-8(14)4-9(13)11(16)17/h7-9,14H,2-6H2,1H3,(H,16,17). The van der Waals surface area contributed by atoms with Gasteiger partial charge in [0.25, 0.3) is 0 Å². The fourth-order valence-electron chi connectivity index (χ4n) is 2.66. The van der Waals surface area contributed by atoms with E-state index in [-0.39, 0.29) is 24.8 Å². The number of nitrogens with zero attached hydrogens (tertiary/aromatic N) is 2. The van der Waals surface area contributed by atoms with E-state index in [0.717, 1.165) is 13.0 Å². The van der Waals surface area contributed by atoms with E-state index in [9.17, 15) is 14.7 Å². The van der Waals surface area contributed by atoms with Gasteiger partial charge in [0.15, 0.2) is 0 Å². The van der Waals surface area contributed by atoms with E-state index in [1.165, 1.54) is 4.90 Å². The molecule has 17 heavy (non-hydrogen) atoms. The molecule has 3 atom stereocenters. The smallest absolute Gasteiger partial charge is 0.326 e. The van der Waals surface area contributed by atoms with Crippen molar-refractivity contribution in [2.45, 2.75) is 25.0 Å². The summed E-state index contributed by atoms with van der Waals surface area (Å²) in [5.74, 6) is -1.27. The number of aliphatic hydroxyl groups is 1. The first-order chi connectivity index (χ1) is 7.99. The summed E-state index contributed by atoms with van der Waals surface area (Å²) in [7, 11) is 1.95. The van der Waals surface area contributed by atoms with Gasteiger partial charge in [-0.15, -0.1) is 0 Å². The number of amides is 1. The van der Waals surface area contributed by atoms with Crippen LogP contribution in [-0.2, 0) is 9.59 Å². The summed E-state index contributed by atoms with van der Waals surface area (Å²) in [5.41, 5.74) is 0. The Morgan fingerprint density at radius 1 is 1.29 bits per heavy atom. The van der Waals surface area contributed by atoms with E-state index >= 15 is 0 Å². The lowest BCUT2D eigenvalue weighted by Gasteiger charge is -2.24. The van der Waals surface area contributed by atoms with Crippen LogP contribution in [-0.4, -0.2) is 70.7 Å². The minimum absolute atomic E-state index is 0.118. The molecule has 0 spiro atoms. The fraction of sp³-hybridized carbons (Fsp3) is 0.818. The van der Waals surface area contributed by atoms with Crippen LogP contribution >= 0.6 is 0 Å². The molecule has 2 saturated heterocycles. The van der Waals surface area contributed by atoms with Crippen molar-refractivity contribution in [1.82, 2.24) is 9.80 Å². The topological polar surface area (TPSA) is 81.1 Å². The van der Waals surface area contributed by atoms with Crippen LogP contribution < -0.4 is 0 Å². The monoisotopic (exact) mass is 242 g/mol. The number of aliphatic hydroxyl groups excluding tert-OH is 1. The van der Waals surface area contributed by atoms with E-state index in [2.05, 4.69) is 4.90 Å². The van der Waals surface area contributed by atoms with Gasteiger partial charge >= 0.3 is 5.97 Å². The van der Waals surface area contributed by atoms with Crippen molar-refractivity contribution in [3.8, 4) is 0 Å². The molecule has 0 bridgehead atoms. The van der Waals surface area contributed by atoms with Crippen molar-refractivity contribution >= 4 is 11.9 Å². The van der Waals surface area contributed by atoms with Crippen molar-refractivity contribution in [2.75, 3.05) is 26.7 Å². The Kier molecular flexibility index (Phi) is 3.35. The highest BCUT2D eigenvalue weighted by atomic mass is 16.4. The van der Waals surface area contributed by atoms with Gasteiger partial charge in [0, 0.05) is 19.5 Å². The third-order valence-electron chi connectivity index (χ3n) is 3.59. The van der Waals surface area contributed by atoms with Crippen molar-refractivity contribution in [3.05, 3.63) is 0 Å². The van der Waals surface area contributed by atoms with E-state index in [1.807, 2.05) is 7.05 Å². The van der Waals surface area contributed by atoms with Gasteiger partial charge in [-0.25, -0.2) is 4.79 Å². The van der Waals surface area contributed by atoms with Crippen LogP contribution in [0.3, 0.4) is 0 Å². The maximum absolute atomic E-state index is 12.2. The van der Waals surface area contributed by atoms with Gasteiger partial charge in [-0.05, 0) is 20.0 Å². The lowest BCUT2D eigenvalue weighted by Crippen LogP contribution is -2.44. The van der Waals surface area contributed by atoms with Crippen LogP contribution in [0.1, 0.15) is 12.8 Å². The van der Waals surface area contributed by atoms with Crippen LogP contribution in [0.25, 0.3) is 0 Å². The first kappa shape index (κ1) is 12.3. The van der Waals surface area contributed by atoms with Gasteiger partial charge in [-0.2, -0.15) is 0 Å². The van der Waals surface area contributed by atoms with E-state index < -0.39 is 18.1 Å². The molecule has 0 saturated carbocycles. The maximum atomic E-state index is 12.2. The van der Waals surface area contributed by atoms with Gasteiger partial charge in [0.05, 0.1) is 12.0 Å². The molecular weight excluding hydrogens is 224 g/mol. The fourth-order valence-corrected chi connectivity index (χ4v) is 2.66. The number of hydrogen-bond donors (Lipinski definition) is 2. The molecule has 2 aliphatic heterocycles. The lowest BCUT2D eigenvalue weighted by atomic mass is 10.1. The van der Waals surface area contributed by atoms with Crippen LogP contribution in [0.15, 0.2) is 0 Å². The van der Waals surface area contributed by atoms with Crippen LogP contribution in [0.4, 0.5) is 0 Å². The summed E-state index contributed by atoms with van der Waals surface area (Å²) in [4.78, 5) is 26.6. The summed E-state index contributed by atoms with van der Waals surface area (Å²) in [6, 6.07) is -0.858.